The minimum absolute atomic E-state index is 0.0219. The number of hydrogen-bond acceptors (Lipinski definition) is 2. The number of nitrogens with two attached hydrogens (primary N) is 1. The van der Waals surface area contributed by atoms with E-state index >= 15 is 0 Å². The van der Waals surface area contributed by atoms with Crippen molar-refractivity contribution in [1.82, 2.24) is 9.78 Å². The minimum Gasteiger partial charge on any atom is -0.322 e. The Balaban J connectivity index is 2.73. The third-order valence-electron chi connectivity index (χ3n) is 2.43. The average Bonchev–Trinajstić information content (AvgIpc) is 2.45. The summed E-state index contributed by atoms with van der Waals surface area (Å²) in [7, 11) is 1.93. The zero-order chi connectivity index (χ0) is 10.7. The summed E-state index contributed by atoms with van der Waals surface area (Å²) in [5, 5.41) is 4.27. The highest BCUT2D eigenvalue weighted by Crippen LogP contribution is 2.19. The van der Waals surface area contributed by atoms with Crippen molar-refractivity contribution in [2.45, 2.75) is 32.7 Å². The van der Waals surface area contributed by atoms with Crippen LogP contribution in [0.15, 0.2) is 18.2 Å². The average molecular weight is 193 g/mol. The van der Waals surface area contributed by atoms with Crippen molar-refractivity contribution in [2.75, 3.05) is 0 Å². The van der Waals surface area contributed by atoms with Crippen LogP contribution in [0.4, 0.5) is 0 Å². The minimum atomic E-state index is 0.0219. The van der Waals surface area contributed by atoms with Crippen LogP contribution in [0.2, 0.25) is 0 Å². The van der Waals surface area contributed by atoms with Gasteiger partial charge in [0.15, 0.2) is 0 Å². The van der Waals surface area contributed by atoms with Crippen LogP contribution in [0, 0.1) is 6.92 Å². The molecule has 1 unspecified atom stereocenters. The molecule has 0 aliphatic rings. The van der Waals surface area contributed by atoms with E-state index in [4.69, 9.17) is 5.73 Å². The lowest BCUT2D eigenvalue weighted by Crippen LogP contribution is -2.15. The van der Waals surface area contributed by atoms with E-state index < -0.39 is 0 Å². The molecule has 0 spiro atoms. The Morgan fingerprint density at radius 1 is 1.71 bits per heavy atom. The number of aromatic nitrogens is 2. The van der Waals surface area contributed by atoms with Gasteiger partial charge in [0.05, 0.1) is 17.4 Å². The third kappa shape index (κ3) is 2.45. The first kappa shape index (κ1) is 11.0. The standard InChI is InChI=1S/C11H19N3/c1-5-8(2)6-10(12)11-7-9(3)13-14(11)4/h7,10H,2,5-6,12H2,1,3-4H3. The van der Waals surface area contributed by atoms with E-state index in [0.717, 1.165) is 24.2 Å². The van der Waals surface area contributed by atoms with Crippen LogP contribution in [-0.2, 0) is 7.05 Å². The van der Waals surface area contributed by atoms with Crippen molar-refractivity contribution in [3.8, 4) is 0 Å². The zero-order valence-electron chi connectivity index (χ0n) is 9.25. The maximum absolute atomic E-state index is 6.06. The molecule has 2 N–H and O–H groups in total. The third-order valence-corrected chi connectivity index (χ3v) is 2.43. The fourth-order valence-corrected chi connectivity index (χ4v) is 1.54. The molecule has 0 fully saturated rings. The van der Waals surface area contributed by atoms with Gasteiger partial charge in [-0.25, -0.2) is 0 Å². The molecule has 0 radical (unpaired) electrons. The lowest BCUT2D eigenvalue weighted by Gasteiger charge is -2.12. The summed E-state index contributed by atoms with van der Waals surface area (Å²) in [5.74, 6) is 0. The maximum atomic E-state index is 6.06. The van der Waals surface area contributed by atoms with E-state index in [1.807, 2.05) is 24.7 Å². The molecule has 3 heteroatoms. The van der Waals surface area contributed by atoms with Crippen LogP contribution in [0.25, 0.3) is 0 Å². The normalized spacial score (nSPS) is 12.9. The molecular formula is C11H19N3. The highest BCUT2D eigenvalue weighted by molar-refractivity contribution is 5.15. The van der Waals surface area contributed by atoms with Crippen LogP contribution in [-0.4, -0.2) is 9.78 Å². The van der Waals surface area contributed by atoms with Gasteiger partial charge in [-0.3, -0.25) is 4.68 Å². The Kier molecular flexibility index (Phi) is 3.47. The smallest absolute Gasteiger partial charge is 0.0597 e. The van der Waals surface area contributed by atoms with Gasteiger partial charge in [0.25, 0.3) is 0 Å². The molecule has 1 rings (SSSR count). The molecule has 0 aliphatic carbocycles. The topological polar surface area (TPSA) is 43.8 Å². The fraction of sp³-hybridized carbons (Fsp3) is 0.545. The number of nitrogens with zero attached hydrogens (tertiary/aromatic N) is 2. The van der Waals surface area contributed by atoms with Gasteiger partial charge in [-0.05, 0) is 25.8 Å². The summed E-state index contributed by atoms with van der Waals surface area (Å²) in [6.45, 7) is 8.04. The lowest BCUT2D eigenvalue weighted by atomic mass is 10.0. The highest BCUT2D eigenvalue weighted by atomic mass is 15.3. The highest BCUT2D eigenvalue weighted by Gasteiger charge is 2.11. The van der Waals surface area contributed by atoms with Gasteiger partial charge in [0.2, 0.25) is 0 Å². The molecule has 0 bridgehead atoms. The molecule has 1 heterocycles. The molecule has 0 saturated carbocycles. The number of rotatable bonds is 4. The summed E-state index contributed by atoms with van der Waals surface area (Å²) < 4.78 is 1.85. The molecule has 0 saturated heterocycles. The first-order valence-corrected chi connectivity index (χ1v) is 4.97. The van der Waals surface area contributed by atoms with Crippen LogP contribution in [0.1, 0.15) is 37.2 Å². The second-order valence-corrected chi connectivity index (χ2v) is 3.75. The molecule has 1 atom stereocenters. The molecule has 78 valence electrons. The van der Waals surface area contributed by atoms with E-state index in [-0.39, 0.29) is 6.04 Å². The molecule has 0 amide bonds. The Morgan fingerprint density at radius 2 is 2.36 bits per heavy atom. The van der Waals surface area contributed by atoms with Crippen LogP contribution < -0.4 is 5.73 Å². The molecular weight excluding hydrogens is 174 g/mol. The van der Waals surface area contributed by atoms with E-state index in [1.54, 1.807) is 0 Å². The molecule has 3 nitrogen and oxygen atoms in total. The molecule has 0 aromatic carbocycles. The van der Waals surface area contributed by atoms with Crippen molar-refractivity contribution >= 4 is 0 Å². The Morgan fingerprint density at radius 3 is 2.79 bits per heavy atom. The van der Waals surface area contributed by atoms with E-state index in [9.17, 15) is 0 Å². The lowest BCUT2D eigenvalue weighted by molar-refractivity contribution is 0.608. The monoisotopic (exact) mass is 193 g/mol. The molecule has 1 aromatic rings. The molecule has 14 heavy (non-hydrogen) atoms. The predicted molar refractivity (Wildman–Crippen MR) is 58.9 cm³/mol. The summed E-state index contributed by atoms with van der Waals surface area (Å²) in [6.07, 6.45) is 1.83. The van der Waals surface area contributed by atoms with Crippen LogP contribution in [0.3, 0.4) is 0 Å². The van der Waals surface area contributed by atoms with Gasteiger partial charge in [0, 0.05) is 7.05 Å². The zero-order valence-corrected chi connectivity index (χ0v) is 9.25. The first-order valence-electron chi connectivity index (χ1n) is 4.97. The number of aryl methyl sites for hydroxylation is 2. The first-order chi connectivity index (χ1) is 6.54. The summed E-state index contributed by atoms with van der Waals surface area (Å²) in [6, 6.07) is 2.06. The largest absolute Gasteiger partial charge is 0.322 e. The van der Waals surface area contributed by atoms with E-state index in [2.05, 4.69) is 18.6 Å². The summed E-state index contributed by atoms with van der Waals surface area (Å²) in [5.41, 5.74) is 9.35. The van der Waals surface area contributed by atoms with Crippen LogP contribution in [0.5, 0.6) is 0 Å². The van der Waals surface area contributed by atoms with Crippen molar-refractivity contribution in [3.63, 3.8) is 0 Å². The Hall–Kier alpha value is -1.09. The van der Waals surface area contributed by atoms with Gasteiger partial charge in [0.1, 0.15) is 0 Å². The molecule has 0 aliphatic heterocycles. The maximum Gasteiger partial charge on any atom is 0.0597 e. The molecule has 1 aromatic heterocycles. The van der Waals surface area contributed by atoms with Gasteiger partial charge in [-0.15, -0.1) is 0 Å². The van der Waals surface area contributed by atoms with Crippen molar-refractivity contribution < 1.29 is 0 Å². The Bertz CT molecular complexity index is 325. The summed E-state index contributed by atoms with van der Waals surface area (Å²) >= 11 is 0. The van der Waals surface area contributed by atoms with Crippen LogP contribution >= 0.6 is 0 Å². The quantitative estimate of drug-likeness (QED) is 0.744. The van der Waals surface area contributed by atoms with Crippen molar-refractivity contribution in [1.29, 1.82) is 0 Å². The Labute approximate surface area is 85.6 Å². The fourth-order valence-electron chi connectivity index (χ4n) is 1.54. The van der Waals surface area contributed by atoms with Gasteiger partial charge >= 0.3 is 0 Å². The van der Waals surface area contributed by atoms with E-state index in [0.29, 0.717) is 0 Å². The second-order valence-electron chi connectivity index (χ2n) is 3.75. The van der Waals surface area contributed by atoms with Crippen molar-refractivity contribution in [3.05, 3.63) is 29.6 Å². The second kappa shape index (κ2) is 4.42. The SMILES string of the molecule is C=C(CC)CC(N)c1cc(C)nn1C. The van der Waals surface area contributed by atoms with Gasteiger partial charge in [-0.2, -0.15) is 5.10 Å². The van der Waals surface area contributed by atoms with Gasteiger partial charge in [-0.1, -0.05) is 19.1 Å². The predicted octanol–water partition coefficient (Wildman–Crippen LogP) is 2.08. The van der Waals surface area contributed by atoms with Crippen molar-refractivity contribution in [2.24, 2.45) is 12.8 Å². The summed E-state index contributed by atoms with van der Waals surface area (Å²) in [4.78, 5) is 0. The van der Waals surface area contributed by atoms with E-state index in [1.165, 1.54) is 5.57 Å². The van der Waals surface area contributed by atoms with Gasteiger partial charge < -0.3 is 5.73 Å². The number of hydrogen-bond donors (Lipinski definition) is 1.